The Bertz CT molecular complexity index is 732. The number of ether oxygens (including phenoxy) is 1. The smallest absolute Gasteiger partial charge is 0.300 e. The molecule has 1 aliphatic heterocycles. The molecule has 2 saturated carbocycles. The third-order valence-corrected chi connectivity index (χ3v) is 5.77. The summed E-state index contributed by atoms with van der Waals surface area (Å²) in [7, 11) is 1.99. The van der Waals surface area contributed by atoms with E-state index in [-0.39, 0.29) is 17.4 Å². The monoisotopic (exact) mass is 388 g/mol. The van der Waals surface area contributed by atoms with E-state index in [1.165, 1.54) is 4.90 Å². The lowest BCUT2D eigenvalue weighted by atomic mass is 9.80. The predicted molar refractivity (Wildman–Crippen MR) is 103 cm³/mol. The first-order valence-electron chi connectivity index (χ1n) is 9.79. The van der Waals surface area contributed by atoms with Crippen LogP contribution in [0, 0.1) is 0 Å². The van der Waals surface area contributed by atoms with Gasteiger partial charge in [0.05, 0.1) is 12.1 Å². The Morgan fingerprint density at radius 3 is 2.21 bits per heavy atom. The third-order valence-electron chi connectivity index (χ3n) is 5.77. The summed E-state index contributed by atoms with van der Waals surface area (Å²) in [5, 5.41) is 10.7. The van der Waals surface area contributed by atoms with Crippen LogP contribution in [0.4, 0.5) is 0 Å². The van der Waals surface area contributed by atoms with Gasteiger partial charge in [-0.05, 0) is 57.7 Å². The van der Waals surface area contributed by atoms with E-state index in [9.17, 15) is 9.59 Å². The molecule has 0 aromatic heterocycles. The maximum absolute atomic E-state index is 12.9. The fraction of sp³-hybridized carbons (Fsp3) is 0.571. The van der Waals surface area contributed by atoms with Crippen LogP contribution < -0.4 is 5.32 Å². The number of hydrogen-bond acceptors (Lipinski definition) is 5. The zero-order valence-corrected chi connectivity index (χ0v) is 16.4. The van der Waals surface area contributed by atoms with Crippen molar-refractivity contribution in [3.63, 3.8) is 0 Å². The van der Waals surface area contributed by atoms with Gasteiger partial charge in [-0.15, -0.1) is 0 Å². The summed E-state index contributed by atoms with van der Waals surface area (Å²) in [6.07, 6.45) is 5.31. The second-order valence-electron chi connectivity index (χ2n) is 7.92. The topological polar surface area (TPSA) is 95.9 Å². The molecule has 4 rings (SSSR count). The minimum Gasteiger partial charge on any atom is -0.481 e. The van der Waals surface area contributed by atoms with Crippen molar-refractivity contribution in [2.75, 3.05) is 13.6 Å². The number of morpholine rings is 1. The summed E-state index contributed by atoms with van der Waals surface area (Å²) in [6, 6.07) is 9.59. The predicted octanol–water partition coefficient (Wildman–Crippen LogP) is 2.21. The highest BCUT2D eigenvalue weighted by Crippen LogP contribution is 2.51. The number of nitrogens with zero attached hydrogens (tertiary/aromatic N) is 1. The summed E-state index contributed by atoms with van der Waals surface area (Å²) in [5.41, 5.74) is -0.514. The Morgan fingerprint density at radius 2 is 1.71 bits per heavy atom. The maximum Gasteiger partial charge on any atom is 0.300 e. The van der Waals surface area contributed by atoms with E-state index in [0.717, 1.165) is 45.4 Å². The van der Waals surface area contributed by atoms with Crippen molar-refractivity contribution >= 4 is 17.8 Å². The van der Waals surface area contributed by atoms with Gasteiger partial charge in [-0.1, -0.05) is 18.2 Å². The number of carbonyl (C=O) groups is 3. The fourth-order valence-corrected chi connectivity index (χ4v) is 4.12. The third kappa shape index (κ3) is 4.25. The van der Waals surface area contributed by atoms with E-state index >= 15 is 0 Å². The van der Waals surface area contributed by atoms with Gasteiger partial charge >= 0.3 is 0 Å². The number of amides is 2. The van der Waals surface area contributed by atoms with Gasteiger partial charge in [-0.3, -0.25) is 19.3 Å². The highest BCUT2D eigenvalue weighted by molar-refractivity contribution is 6.08. The van der Waals surface area contributed by atoms with Crippen LogP contribution in [0.2, 0.25) is 0 Å². The van der Waals surface area contributed by atoms with Crippen LogP contribution in [0.25, 0.3) is 0 Å². The summed E-state index contributed by atoms with van der Waals surface area (Å²) in [4.78, 5) is 36.2. The molecule has 2 aliphatic carbocycles. The van der Waals surface area contributed by atoms with E-state index in [2.05, 4.69) is 5.32 Å². The largest absolute Gasteiger partial charge is 0.481 e. The lowest BCUT2D eigenvalue weighted by Crippen LogP contribution is -2.63. The number of nitrogens with one attached hydrogen (secondary N) is 1. The minimum absolute atomic E-state index is 0.141. The van der Waals surface area contributed by atoms with E-state index in [0.29, 0.717) is 18.2 Å². The van der Waals surface area contributed by atoms with Crippen molar-refractivity contribution < 1.29 is 24.2 Å². The SMILES string of the molecule is CC(=O)O.CNC1CCC2(CC1)CN(C(=O)c1ccccc1)C(=O)C1(CC1)O2. The first-order valence-corrected chi connectivity index (χ1v) is 9.79. The van der Waals surface area contributed by atoms with Crippen LogP contribution in [0.1, 0.15) is 55.8 Å². The molecule has 2 spiro atoms. The average Bonchev–Trinajstić information content (AvgIpc) is 3.45. The zero-order chi connectivity index (χ0) is 20.4. The van der Waals surface area contributed by atoms with E-state index in [4.69, 9.17) is 14.6 Å². The first kappa shape index (κ1) is 20.5. The molecule has 0 unspecified atom stereocenters. The molecule has 2 N–H and O–H groups in total. The number of aliphatic carboxylic acids is 1. The molecule has 0 bridgehead atoms. The minimum atomic E-state index is -0.833. The van der Waals surface area contributed by atoms with Gasteiger partial charge in [0, 0.05) is 18.5 Å². The van der Waals surface area contributed by atoms with Crippen molar-refractivity contribution in [1.82, 2.24) is 10.2 Å². The van der Waals surface area contributed by atoms with Crippen LogP contribution in [0.5, 0.6) is 0 Å². The lowest BCUT2D eigenvalue weighted by molar-refractivity contribution is -0.192. The number of benzene rings is 1. The molecule has 2 amide bonds. The highest BCUT2D eigenvalue weighted by atomic mass is 16.5. The van der Waals surface area contributed by atoms with Gasteiger partial charge < -0.3 is 15.2 Å². The molecule has 7 nitrogen and oxygen atoms in total. The molecule has 7 heteroatoms. The van der Waals surface area contributed by atoms with E-state index in [1.807, 2.05) is 25.2 Å². The van der Waals surface area contributed by atoms with Crippen LogP contribution in [0.3, 0.4) is 0 Å². The summed E-state index contributed by atoms with van der Waals surface area (Å²) in [6.45, 7) is 1.47. The van der Waals surface area contributed by atoms with Gasteiger partial charge in [0.15, 0.2) is 0 Å². The molecular formula is C21H28N2O5. The van der Waals surface area contributed by atoms with Crippen molar-refractivity contribution in [3.8, 4) is 0 Å². The molecule has 28 heavy (non-hydrogen) atoms. The molecule has 3 aliphatic rings. The fourth-order valence-electron chi connectivity index (χ4n) is 4.12. The normalized spacial score (nSPS) is 27.9. The van der Waals surface area contributed by atoms with Gasteiger partial charge in [0.25, 0.3) is 17.8 Å². The van der Waals surface area contributed by atoms with Crippen LogP contribution in [-0.4, -0.2) is 58.6 Å². The Kier molecular flexibility index (Phi) is 5.86. The standard InChI is InChI=1S/C19H24N2O3.C2H4O2/c1-20-15-7-9-18(10-8-15)13-21(17(23)19(24-18)11-12-19)16(22)14-5-3-2-4-6-14;1-2(3)4/h2-6,15,20H,7-13H2,1H3;1H3,(H,3,4). The Labute approximate surface area is 165 Å². The number of rotatable bonds is 2. The maximum atomic E-state index is 12.9. The molecule has 152 valence electrons. The molecule has 1 aromatic carbocycles. The Hall–Kier alpha value is -2.25. The Morgan fingerprint density at radius 1 is 1.14 bits per heavy atom. The molecule has 1 heterocycles. The van der Waals surface area contributed by atoms with Crippen LogP contribution in [-0.2, 0) is 14.3 Å². The molecule has 0 atom stereocenters. The van der Waals surface area contributed by atoms with Gasteiger partial charge in [-0.25, -0.2) is 0 Å². The summed E-state index contributed by atoms with van der Waals surface area (Å²) < 4.78 is 6.36. The van der Waals surface area contributed by atoms with Crippen LogP contribution in [0.15, 0.2) is 30.3 Å². The first-order chi connectivity index (χ1) is 13.3. The molecule has 3 fully saturated rings. The summed E-state index contributed by atoms with van der Waals surface area (Å²) >= 11 is 0. The van der Waals surface area contributed by atoms with Crippen LogP contribution >= 0.6 is 0 Å². The van der Waals surface area contributed by atoms with E-state index < -0.39 is 11.6 Å². The van der Waals surface area contributed by atoms with Crippen molar-refractivity contribution in [3.05, 3.63) is 35.9 Å². The number of carboxylic acids is 1. The number of carbonyl (C=O) groups excluding carboxylic acids is 2. The van der Waals surface area contributed by atoms with Crippen molar-refractivity contribution in [2.45, 2.75) is 62.7 Å². The van der Waals surface area contributed by atoms with Gasteiger partial charge in [-0.2, -0.15) is 0 Å². The van der Waals surface area contributed by atoms with Gasteiger partial charge in [0.1, 0.15) is 5.60 Å². The summed E-state index contributed by atoms with van der Waals surface area (Å²) in [5.74, 6) is -1.16. The molecule has 1 aromatic rings. The second-order valence-corrected chi connectivity index (χ2v) is 7.92. The van der Waals surface area contributed by atoms with E-state index in [1.54, 1.807) is 12.1 Å². The van der Waals surface area contributed by atoms with Crippen molar-refractivity contribution in [1.29, 1.82) is 0 Å². The second kappa shape index (κ2) is 8.01. The lowest BCUT2D eigenvalue weighted by Gasteiger charge is -2.48. The average molecular weight is 388 g/mol. The van der Waals surface area contributed by atoms with Gasteiger partial charge in [0.2, 0.25) is 0 Å². The van der Waals surface area contributed by atoms with Crippen molar-refractivity contribution in [2.24, 2.45) is 0 Å². The quantitative estimate of drug-likeness (QED) is 0.754. The number of hydrogen-bond donors (Lipinski definition) is 2. The Balaban J connectivity index is 0.000000516. The number of imide groups is 1. The molecule has 0 radical (unpaired) electrons. The molecule has 1 saturated heterocycles. The molecular weight excluding hydrogens is 360 g/mol. The zero-order valence-electron chi connectivity index (χ0n) is 16.4. The highest BCUT2D eigenvalue weighted by Gasteiger charge is 2.62. The number of carboxylic acid groups (broad SMARTS) is 1.